The van der Waals surface area contributed by atoms with Gasteiger partial charge in [-0.25, -0.2) is 4.98 Å². The molecule has 210 valence electrons. The van der Waals surface area contributed by atoms with Crippen molar-refractivity contribution in [3.63, 3.8) is 0 Å². The summed E-state index contributed by atoms with van der Waals surface area (Å²) in [6.07, 6.45) is 4.54. The van der Waals surface area contributed by atoms with Crippen molar-refractivity contribution in [3.8, 4) is 0 Å². The van der Waals surface area contributed by atoms with Gasteiger partial charge in [0.2, 0.25) is 5.28 Å². The summed E-state index contributed by atoms with van der Waals surface area (Å²) < 4.78 is 6.30. The molecular formula is C31H43ClN6O. The molecule has 3 aromatic heterocycles. The Hall–Kier alpha value is -3.03. The largest absolute Gasteiger partial charge is 0.352 e. The number of amides is 1. The summed E-state index contributed by atoms with van der Waals surface area (Å²) in [5, 5.41) is 0.468. The number of aromatic nitrogens is 4. The lowest BCUT2D eigenvalue weighted by atomic mass is 10.1. The third-order valence-corrected chi connectivity index (χ3v) is 8.90. The van der Waals surface area contributed by atoms with E-state index in [-0.39, 0.29) is 5.91 Å². The fourth-order valence-corrected chi connectivity index (χ4v) is 6.00. The summed E-state index contributed by atoms with van der Waals surface area (Å²) in [7, 11) is 4.14. The Morgan fingerprint density at radius 1 is 1.00 bits per heavy atom. The second kappa shape index (κ2) is 12.0. The summed E-state index contributed by atoms with van der Waals surface area (Å²) in [6, 6.07) is 10.4. The van der Waals surface area contributed by atoms with E-state index in [1.807, 2.05) is 29.7 Å². The third kappa shape index (κ3) is 5.80. The van der Waals surface area contributed by atoms with Crippen molar-refractivity contribution in [1.29, 1.82) is 0 Å². The molecule has 0 atom stereocenters. The highest BCUT2D eigenvalue weighted by Crippen LogP contribution is 2.29. The molecule has 5 rings (SSSR count). The molecule has 0 spiro atoms. The zero-order valence-electron chi connectivity index (χ0n) is 24.5. The first-order valence-corrected chi connectivity index (χ1v) is 14.4. The Balaban J connectivity index is 0.000000298. The van der Waals surface area contributed by atoms with Crippen molar-refractivity contribution in [3.05, 3.63) is 75.1 Å². The Bertz CT molecular complexity index is 1470. The Labute approximate surface area is 237 Å². The topological polar surface area (TPSA) is 74.0 Å². The number of rotatable bonds is 6. The van der Waals surface area contributed by atoms with E-state index in [4.69, 9.17) is 17.3 Å². The fraction of sp³-hybridized carbons (Fsp3) is 0.484. The van der Waals surface area contributed by atoms with Crippen molar-refractivity contribution in [2.45, 2.75) is 86.0 Å². The van der Waals surface area contributed by atoms with Crippen molar-refractivity contribution in [2.75, 3.05) is 0 Å². The van der Waals surface area contributed by atoms with E-state index in [9.17, 15) is 4.79 Å². The molecule has 0 bridgehead atoms. The SMILES string of the molecule is CCn1c(Cl)nc2cc(C(=O)N(Cc3cc(C)n(C)c3C)C3CCCC3)ccc21.Cc1cc(CN)c(C)n1C. The van der Waals surface area contributed by atoms with Crippen molar-refractivity contribution >= 4 is 28.5 Å². The third-order valence-electron chi connectivity index (χ3n) is 8.61. The molecule has 1 amide bonds. The number of aryl methyl sites for hydroxylation is 3. The smallest absolute Gasteiger partial charge is 0.254 e. The van der Waals surface area contributed by atoms with Crippen LogP contribution in [0.15, 0.2) is 30.3 Å². The zero-order valence-corrected chi connectivity index (χ0v) is 25.3. The number of imidazole rings is 1. The monoisotopic (exact) mass is 550 g/mol. The Kier molecular flexibility index (Phi) is 8.92. The molecule has 1 fully saturated rings. The van der Waals surface area contributed by atoms with Crippen LogP contribution in [0.3, 0.4) is 0 Å². The number of fused-ring (bicyclic) bond motifs is 1. The zero-order chi connectivity index (χ0) is 28.4. The normalized spacial score (nSPS) is 13.7. The van der Waals surface area contributed by atoms with Gasteiger partial charge in [0, 0.05) is 68.1 Å². The maximum Gasteiger partial charge on any atom is 0.254 e. The van der Waals surface area contributed by atoms with E-state index in [0.29, 0.717) is 30.0 Å². The van der Waals surface area contributed by atoms with Crippen LogP contribution in [-0.4, -0.2) is 35.5 Å². The van der Waals surface area contributed by atoms with Gasteiger partial charge in [-0.05, 0) is 101 Å². The van der Waals surface area contributed by atoms with Crippen LogP contribution in [0.4, 0.5) is 0 Å². The van der Waals surface area contributed by atoms with E-state index < -0.39 is 0 Å². The van der Waals surface area contributed by atoms with Gasteiger partial charge in [0.15, 0.2) is 0 Å². The van der Waals surface area contributed by atoms with E-state index in [0.717, 1.165) is 30.4 Å². The Morgan fingerprint density at radius 2 is 1.59 bits per heavy atom. The van der Waals surface area contributed by atoms with Crippen LogP contribution < -0.4 is 5.73 Å². The van der Waals surface area contributed by atoms with E-state index in [1.165, 1.54) is 46.7 Å². The molecule has 0 radical (unpaired) electrons. The van der Waals surface area contributed by atoms with Crippen molar-refractivity contribution < 1.29 is 4.79 Å². The highest BCUT2D eigenvalue weighted by Gasteiger charge is 2.29. The van der Waals surface area contributed by atoms with Gasteiger partial charge in [-0.1, -0.05) is 12.8 Å². The molecule has 1 aliphatic carbocycles. The fourth-order valence-electron chi connectivity index (χ4n) is 5.70. The highest BCUT2D eigenvalue weighted by atomic mass is 35.5. The molecule has 0 saturated heterocycles. The van der Waals surface area contributed by atoms with E-state index >= 15 is 0 Å². The van der Waals surface area contributed by atoms with Gasteiger partial charge < -0.3 is 24.3 Å². The summed E-state index contributed by atoms with van der Waals surface area (Å²) in [4.78, 5) is 20.1. The molecule has 2 N–H and O–H groups in total. The number of benzene rings is 1. The van der Waals surface area contributed by atoms with E-state index in [1.54, 1.807) is 0 Å². The number of nitrogens with two attached hydrogens (primary N) is 1. The van der Waals surface area contributed by atoms with Gasteiger partial charge in [-0.2, -0.15) is 0 Å². The van der Waals surface area contributed by atoms with Crippen LogP contribution in [0.2, 0.25) is 5.28 Å². The summed E-state index contributed by atoms with van der Waals surface area (Å²) in [5.74, 6) is 0.0851. The van der Waals surface area contributed by atoms with E-state index in [2.05, 4.69) is 72.9 Å². The Morgan fingerprint density at radius 3 is 2.08 bits per heavy atom. The summed E-state index contributed by atoms with van der Waals surface area (Å²) >= 11 is 6.26. The molecule has 1 saturated carbocycles. The van der Waals surface area contributed by atoms with Crippen LogP contribution in [0.5, 0.6) is 0 Å². The minimum absolute atomic E-state index is 0.0851. The second-order valence-corrected chi connectivity index (χ2v) is 11.2. The van der Waals surface area contributed by atoms with Gasteiger partial charge in [0.05, 0.1) is 11.0 Å². The van der Waals surface area contributed by atoms with Gasteiger partial charge in [0.1, 0.15) is 0 Å². The van der Waals surface area contributed by atoms with Crippen molar-refractivity contribution in [2.24, 2.45) is 19.8 Å². The number of hydrogen-bond donors (Lipinski definition) is 1. The molecule has 0 aliphatic heterocycles. The quantitative estimate of drug-likeness (QED) is 0.304. The molecule has 0 unspecified atom stereocenters. The molecule has 8 heteroatoms. The molecule has 3 heterocycles. The van der Waals surface area contributed by atoms with Crippen LogP contribution in [-0.2, 0) is 33.7 Å². The van der Waals surface area contributed by atoms with Gasteiger partial charge in [-0.3, -0.25) is 4.79 Å². The number of halogens is 1. The average Bonchev–Trinajstić information content (AvgIpc) is 3.68. The van der Waals surface area contributed by atoms with Crippen molar-refractivity contribution in [1.82, 2.24) is 23.6 Å². The highest BCUT2D eigenvalue weighted by molar-refractivity contribution is 6.29. The number of carbonyl (C=O) groups is 1. The van der Waals surface area contributed by atoms with Gasteiger partial charge in [-0.15, -0.1) is 0 Å². The first-order valence-electron chi connectivity index (χ1n) is 14.0. The lowest BCUT2D eigenvalue weighted by Gasteiger charge is -2.29. The predicted molar refractivity (Wildman–Crippen MR) is 160 cm³/mol. The van der Waals surface area contributed by atoms with Crippen LogP contribution in [0.1, 0.15) is 76.9 Å². The molecule has 39 heavy (non-hydrogen) atoms. The molecular weight excluding hydrogens is 508 g/mol. The molecule has 4 aromatic rings. The van der Waals surface area contributed by atoms with Gasteiger partial charge in [0.25, 0.3) is 5.91 Å². The average molecular weight is 551 g/mol. The summed E-state index contributed by atoms with van der Waals surface area (Å²) in [6.45, 7) is 12.5. The van der Waals surface area contributed by atoms with Crippen LogP contribution in [0.25, 0.3) is 11.0 Å². The maximum atomic E-state index is 13.6. The standard InChI is InChI=1S/C23H29ClN4O.C8H14N2/c1-5-27-21-11-10-17(13-20(21)25-23(27)24)22(29)28(19-8-6-7-9-19)14-18-12-15(2)26(4)16(18)3;1-6-4-8(5-9)7(2)10(6)3/h10-13,19H,5-9,14H2,1-4H3;4H,5,9H2,1-3H3. The predicted octanol–water partition coefficient (Wildman–Crippen LogP) is 6.35. The number of carbonyl (C=O) groups excluding carboxylic acids is 1. The van der Waals surface area contributed by atoms with Gasteiger partial charge >= 0.3 is 0 Å². The lowest BCUT2D eigenvalue weighted by Crippen LogP contribution is -2.38. The number of hydrogen-bond acceptors (Lipinski definition) is 3. The first-order chi connectivity index (χ1) is 18.6. The lowest BCUT2D eigenvalue weighted by molar-refractivity contribution is 0.0664. The van der Waals surface area contributed by atoms with Crippen LogP contribution in [0, 0.1) is 27.7 Å². The maximum absolute atomic E-state index is 13.6. The minimum Gasteiger partial charge on any atom is -0.352 e. The second-order valence-electron chi connectivity index (χ2n) is 10.8. The molecule has 1 aromatic carbocycles. The first kappa shape index (κ1) is 29.0. The number of nitrogens with zero attached hydrogens (tertiary/aromatic N) is 5. The minimum atomic E-state index is 0.0851. The molecule has 7 nitrogen and oxygen atoms in total. The summed E-state index contributed by atoms with van der Waals surface area (Å²) in [5.41, 5.74) is 15.4. The molecule has 1 aliphatic rings. The van der Waals surface area contributed by atoms with Crippen LogP contribution >= 0.6 is 11.6 Å².